The van der Waals surface area contributed by atoms with Crippen LogP contribution in [0.3, 0.4) is 0 Å². The van der Waals surface area contributed by atoms with E-state index in [4.69, 9.17) is 9.47 Å². The van der Waals surface area contributed by atoms with Gasteiger partial charge in [0.25, 0.3) is 0 Å². The lowest BCUT2D eigenvalue weighted by molar-refractivity contribution is -0.216. The first kappa shape index (κ1) is 12.1. The predicted octanol–water partition coefficient (Wildman–Crippen LogP) is 1.43. The first-order valence-electron chi connectivity index (χ1n) is 5.59. The highest BCUT2D eigenvalue weighted by atomic mass is 19.4. The van der Waals surface area contributed by atoms with Gasteiger partial charge in [-0.3, -0.25) is 4.90 Å². The fourth-order valence-electron chi connectivity index (χ4n) is 2.36. The fourth-order valence-corrected chi connectivity index (χ4v) is 2.36. The summed E-state index contributed by atoms with van der Waals surface area (Å²) in [4.78, 5) is 1.44. The maximum absolute atomic E-state index is 13.0. The van der Waals surface area contributed by atoms with E-state index in [2.05, 4.69) is 0 Å². The molecule has 0 aliphatic carbocycles. The Morgan fingerprint density at radius 1 is 1.12 bits per heavy atom. The van der Waals surface area contributed by atoms with Crippen molar-refractivity contribution in [2.45, 2.75) is 31.2 Å². The molecule has 2 fully saturated rings. The third-order valence-corrected chi connectivity index (χ3v) is 3.09. The third kappa shape index (κ3) is 2.67. The number of hydrogen-bond donors (Lipinski definition) is 0. The van der Waals surface area contributed by atoms with Crippen molar-refractivity contribution in [2.24, 2.45) is 0 Å². The molecule has 94 valence electrons. The summed E-state index contributed by atoms with van der Waals surface area (Å²) in [6, 6.07) is -1.46. The Labute approximate surface area is 92.5 Å². The van der Waals surface area contributed by atoms with Gasteiger partial charge in [-0.15, -0.1) is 0 Å². The molecule has 0 radical (unpaired) electrons. The van der Waals surface area contributed by atoms with Gasteiger partial charge in [-0.2, -0.15) is 13.2 Å². The van der Waals surface area contributed by atoms with Crippen LogP contribution in [-0.2, 0) is 9.47 Å². The predicted molar refractivity (Wildman–Crippen MR) is 51.2 cm³/mol. The van der Waals surface area contributed by atoms with Crippen LogP contribution < -0.4 is 0 Å². The fraction of sp³-hybridized carbons (Fsp3) is 1.00. The first-order chi connectivity index (χ1) is 7.59. The van der Waals surface area contributed by atoms with Crippen molar-refractivity contribution in [3.05, 3.63) is 0 Å². The largest absolute Gasteiger partial charge is 0.406 e. The average molecular weight is 239 g/mol. The van der Waals surface area contributed by atoms with E-state index in [1.807, 2.05) is 0 Å². The molecule has 6 heteroatoms. The summed E-state index contributed by atoms with van der Waals surface area (Å²) in [7, 11) is 0. The zero-order valence-corrected chi connectivity index (χ0v) is 9.00. The quantitative estimate of drug-likeness (QED) is 0.727. The molecule has 2 aliphatic rings. The number of morpholine rings is 1. The maximum Gasteiger partial charge on any atom is 0.406 e. The second-order valence-electron chi connectivity index (χ2n) is 4.19. The Balaban J connectivity index is 2.06. The van der Waals surface area contributed by atoms with Crippen molar-refractivity contribution >= 4 is 0 Å². The molecule has 16 heavy (non-hydrogen) atoms. The van der Waals surface area contributed by atoms with Gasteiger partial charge in [0.05, 0.1) is 19.3 Å². The molecule has 0 saturated carbocycles. The monoisotopic (exact) mass is 239 g/mol. The summed E-state index contributed by atoms with van der Waals surface area (Å²) >= 11 is 0. The molecule has 0 unspecified atom stereocenters. The van der Waals surface area contributed by atoms with E-state index in [0.717, 1.165) is 6.42 Å². The van der Waals surface area contributed by atoms with Gasteiger partial charge in [-0.25, -0.2) is 0 Å². The smallest absolute Gasteiger partial charge is 0.379 e. The lowest BCUT2D eigenvalue weighted by atomic mass is 10.1. The van der Waals surface area contributed by atoms with Crippen LogP contribution in [0.15, 0.2) is 0 Å². The molecular formula is C10H16F3NO2. The molecule has 0 amide bonds. The maximum atomic E-state index is 13.0. The number of halogens is 3. The molecule has 2 atom stereocenters. The second kappa shape index (κ2) is 4.89. The van der Waals surface area contributed by atoms with Crippen molar-refractivity contribution in [2.75, 3.05) is 32.9 Å². The van der Waals surface area contributed by atoms with Crippen molar-refractivity contribution in [1.82, 2.24) is 4.90 Å². The normalized spacial score (nSPS) is 30.6. The molecule has 0 aromatic carbocycles. The van der Waals surface area contributed by atoms with Crippen LogP contribution in [0.2, 0.25) is 0 Å². The van der Waals surface area contributed by atoms with E-state index >= 15 is 0 Å². The number of ether oxygens (including phenoxy) is 2. The summed E-state index contributed by atoms with van der Waals surface area (Å²) in [5.74, 6) is 0. The lowest BCUT2D eigenvalue weighted by Crippen LogP contribution is -2.56. The van der Waals surface area contributed by atoms with E-state index in [1.165, 1.54) is 4.90 Å². The summed E-state index contributed by atoms with van der Waals surface area (Å²) in [6.07, 6.45) is -3.69. The summed E-state index contributed by atoms with van der Waals surface area (Å²) in [5, 5.41) is 0. The molecule has 3 nitrogen and oxygen atoms in total. The minimum absolute atomic E-state index is 0.337. The van der Waals surface area contributed by atoms with E-state index < -0.39 is 18.3 Å². The Morgan fingerprint density at radius 3 is 2.31 bits per heavy atom. The second-order valence-corrected chi connectivity index (χ2v) is 4.19. The topological polar surface area (TPSA) is 21.7 Å². The number of hydrogen-bond acceptors (Lipinski definition) is 3. The Bertz CT molecular complexity index is 223. The minimum Gasteiger partial charge on any atom is -0.379 e. The lowest BCUT2D eigenvalue weighted by Gasteiger charge is -2.38. The van der Waals surface area contributed by atoms with Crippen LogP contribution in [0, 0.1) is 0 Å². The molecule has 2 saturated heterocycles. The van der Waals surface area contributed by atoms with Crippen LogP contribution in [-0.4, -0.2) is 56.1 Å². The first-order valence-corrected chi connectivity index (χ1v) is 5.59. The Kier molecular flexibility index (Phi) is 3.71. The van der Waals surface area contributed by atoms with Gasteiger partial charge in [-0.05, 0) is 12.8 Å². The van der Waals surface area contributed by atoms with Gasteiger partial charge in [-0.1, -0.05) is 0 Å². The van der Waals surface area contributed by atoms with Gasteiger partial charge < -0.3 is 9.47 Å². The molecular weight excluding hydrogens is 223 g/mol. The van der Waals surface area contributed by atoms with Crippen LogP contribution in [0.1, 0.15) is 12.8 Å². The van der Waals surface area contributed by atoms with Gasteiger partial charge in [0.15, 0.2) is 0 Å². The highest BCUT2D eigenvalue weighted by molar-refractivity contribution is 4.89. The number of alkyl halides is 3. The molecule has 0 N–H and O–H groups in total. The zero-order valence-electron chi connectivity index (χ0n) is 9.00. The van der Waals surface area contributed by atoms with E-state index in [0.29, 0.717) is 39.3 Å². The van der Waals surface area contributed by atoms with E-state index in [1.54, 1.807) is 0 Å². The summed E-state index contributed by atoms with van der Waals surface area (Å²) in [6.45, 7) is 1.87. The van der Waals surface area contributed by atoms with Gasteiger partial charge in [0, 0.05) is 19.7 Å². The Hall–Kier alpha value is -0.330. The highest BCUT2D eigenvalue weighted by Crippen LogP contribution is 2.33. The number of nitrogens with zero attached hydrogens (tertiary/aromatic N) is 1. The Morgan fingerprint density at radius 2 is 1.81 bits per heavy atom. The molecule has 0 aromatic heterocycles. The van der Waals surface area contributed by atoms with Crippen molar-refractivity contribution in [3.8, 4) is 0 Å². The molecule has 0 spiro atoms. The molecule has 2 rings (SSSR count). The molecule has 0 bridgehead atoms. The SMILES string of the molecule is FC(F)(F)[C@H]([C@@H]1CCCO1)N1CCOCC1. The third-order valence-electron chi connectivity index (χ3n) is 3.09. The van der Waals surface area contributed by atoms with Crippen LogP contribution in [0.5, 0.6) is 0 Å². The van der Waals surface area contributed by atoms with Crippen LogP contribution in [0.4, 0.5) is 13.2 Å². The summed E-state index contributed by atoms with van der Waals surface area (Å²) in [5.41, 5.74) is 0. The highest BCUT2D eigenvalue weighted by Gasteiger charge is 2.49. The molecule has 2 heterocycles. The molecule has 0 aromatic rings. The number of rotatable bonds is 2. The van der Waals surface area contributed by atoms with Gasteiger partial charge in [0.1, 0.15) is 6.04 Å². The standard InChI is InChI=1S/C10H16F3NO2/c11-10(12,13)9(8-2-1-5-16-8)14-3-6-15-7-4-14/h8-9H,1-7H2/t8-,9-/m0/s1. The minimum atomic E-state index is -4.22. The van der Waals surface area contributed by atoms with E-state index in [9.17, 15) is 13.2 Å². The van der Waals surface area contributed by atoms with Crippen LogP contribution >= 0.6 is 0 Å². The van der Waals surface area contributed by atoms with Gasteiger partial charge >= 0.3 is 6.18 Å². The van der Waals surface area contributed by atoms with Crippen molar-refractivity contribution < 1.29 is 22.6 Å². The van der Waals surface area contributed by atoms with E-state index in [-0.39, 0.29) is 0 Å². The van der Waals surface area contributed by atoms with Crippen molar-refractivity contribution in [1.29, 1.82) is 0 Å². The zero-order chi connectivity index (χ0) is 11.6. The average Bonchev–Trinajstić information content (AvgIpc) is 2.71. The van der Waals surface area contributed by atoms with Crippen LogP contribution in [0.25, 0.3) is 0 Å². The summed E-state index contributed by atoms with van der Waals surface area (Å²) < 4.78 is 49.2. The van der Waals surface area contributed by atoms with Crippen molar-refractivity contribution in [3.63, 3.8) is 0 Å². The van der Waals surface area contributed by atoms with Gasteiger partial charge in [0.2, 0.25) is 0 Å². The molecule has 2 aliphatic heterocycles.